The van der Waals surface area contributed by atoms with E-state index in [1.54, 1.807) is 0 Å². The van der Waals surface area contributed by atoms with Crippen molar-refractivity contribution in [3.8, 4) is 0 Å². The van der Waals surface area contributed by atoms with Gasteiger partial charge in [-0.05, 0) is 68.1 Å². The van der Waals surface area contributed by atoms with Crippen LogP contribution in [0, 0.1) is 35.0 Å². The van der Waals surface area contributed by atoms with Gasteiger partial charge in [-0.25, -0.2) is 0 Å². The van der Waals surface area contributed by atoms with Gasteiger partial charge >= 0.3 is 12.1 Å². The molecule has 0 heterocycles. The molecule has 152 valence electrons. The Labute approximate surface area is 157 Å². The molecule has 5 fully saturated rings. The predicted molar refractivity (Wildman–Crippen MR) is 91.5 cm³/mol. The number of halogens is 3. The van der Waals surface area contributed by atoms with E-state index in [2.05, 4.69) is 10.1 Å². The summed E-state index contributed by atoms with van der Waals surface area (Å²) in [5.74, 6) is 0.221. The molecule has 4 bridgehead atoms. The second kappa shape index (κ2) is 6.96. The molecule has 1 N–H and O–H groups in total. The summed E-state index contributed by atoms with van der Waals surface area (Å²) < 4.78 is 41.3. The van der Waals surface area contributed by atoms with Crippen LogP contribution in [0.5, 0.6) is 0 Å². The van der Waals surface area contributed by atoms with Crippen LogP contribution >= 0.6 is 0 Å². The lowest BCUT2D eigenvalue weighted by Crippen LogP contribution is -2.42. The number of carbonyl (C=O) groups excluding carboxylic acids is 2. The number of carbonyl (C=O) groups is 2. The summed E-state index contributed by atoms with van der Waals surface area (Å²) in [4.78, 5) is 24.7. The molecule has 0 aliphatic heterocycles. The Morgan fingerprint density at radius 1 is 1.04 bits per heavy atom. The average Bonchev–Trinajstić information content (AvgIpc) is 3.33. The zero-order valence-corrected chi connectivity index (χ0v) is 15.5. The molecule has 0 radical (unpaired) electrons. The Balaban J connectivity index is 1.28. The number of amides is 1. The molecule has 2 unspecified atom stereocenters. The highest BCUT2D eigenvalue weighted by Gasteiger charge is 2.62. The van der Waals surface area contributed by atoms with Gasteiger partial charge in [0.1, 0.15) is 0 Å². The van der Waals surface area contributed by atoms with E-state index in [1.807, 2.05) is 0 Å². The van der Waals surface area contributed by atoms with Crippen LogP contribution in [0.15, 0.2) is 0 Å². The van der Waals surface area contributed by atoms with Crippen LogP contribution in [0.25, 0.3) is 0 Å². The first-order valence-corrected chi connectivity index (χ1v) is 10.3. The van der Waals surface area contributed by atoms with Crippen LogP contribution in [0.4, 0.5) is 13.2 Å². The van der Waals surface area contributed by atoms with Crippen LogP contribution < -0.4 is 5.32 Å². The van der Waals surface area contributed by atoms with Crippen molar-refractivity contribution >= 4 is 11.9 Å². The summed E-state index contributed by atoms with van der Waals surface area (Å²) in [6.07, 6.45) is 4.28. The number of rotatable bonds is 6. The zero-order valence-electron chi connectivity index (χ0n) is 15.5. The van der Waals surface area contributed by atoms with Gasteiger partial charge in [0.25, 0.3) is 0 Å². The highest BCUT2D eigenvalue weighted by atomic mass is 19.4. The quantitative estimate of drug-likeness (QED) is 0.705. The molecule has 0 saturated heterocycles. The molecule has 5 aliphatic carbocycles. The van der Waals surface area contributed by atoms with Crippen LogP contribution in [0.3, 0.4) is 0 Å². The minimum absolute atomic E-state index is 0.194. The predicted octanol–water partition coefficient (Wildman–Crippen LogP) is 3.84. The fraction of sp³-hybridized carbons (Fsp3) is 0.900. The van der Waals surface area contributed by atoms with Gasteiger partial charge in [0.15, 0.2) is 6.61 Å². The Hall–Kier alpha value is -1.27. The van der Waals surface area contributed by atoms with Crippen molar-refractivity contribution in [3.63, 3.8) is 0 Å². The van der Waals surface area contributed by atoms with E-state index < -0.39 is 30.6 Å². The van der Waals surface area contributed by atoms with Gasteiger partial charge in [0, 0.05) is 6.54 Å². The molecular weight excluding hydrogens is 359 g/mol. The van der Waals surface area contributed by atoms with E-state index in [0.29, 0.717) is 24.8 Å². The van der Waals surface area contributed by atoms with E-state index in [1.165, 1.54) is 25.7 Å². The van der Waals surface area contributed by atoms with Gasteiger partial charge in [-0.1, -0.05) is 12.8 Å². The van der Waals surface area contributed by atoms with E-state index >= 15 is 0 Å². The van der Waals surface area contributed by atoms with Crippen LogP contribution in [-0.4, -0.2) is 31.2 Å². The molecule has 1 amide bonds. The smallest absolute Gasteiger partial charge is 0.422 e. The summed E-state index contributed by atoms with van der Waals surface area (Å²) in [6, 6.07) is 0. The standard InChI is InChI=1S/C20H28F3NO3/c21-20(22,23)11-27-18(26)16-4-2-1-3-15(16)17(25)24-6-5-19-9-12-7-14(19)8-13(12)10-19/h12-16H,1-11H2,(H,24,25)/t12-,13+,14?,15-,16-,19?/m0/s1. The molecule has 7 heteroatoms. The molecule has 5 aliphatic rings. The average molecular weight is 387 g/mol. The molecule has 0 aromatic heterocycles. The van der Waals surface area contributed by atoms with Gasteiger partial charge in [-0.2, -0.15) is 13.2 Å². The summed E-state index contributed by atoms with van der Waals surface area (Å²) in [5, 5.41) is 2.98. The van der Waals surface area contributed by atoms with Crippen molar-refractivity contribution < 1.29 is 27.5 Å². The van der Waals surface area contributed by atoms with E-state index in [0.717, 1.165) is 37.0 Å². The highest BCUT2D eigenvalue weighted by molar-refractivity contribution is 5.85. The first-order chi connectivity index (χ1) is 12.8. The first kappa shape index (κ1) is 19.1. The summed E-state index contributed by atoms with van der Waals surface area (Å²) >= 11 is 0. The minimum atomic E-state index is -4.54. The van der Waals surface area contributed by atoms with Gasteiger partial charge in [-0.15, -0.1) is 0 Å². The van der Waals surface area contributed by atoms with Crippen molar-refractivity contribution in [2.24, 2.45) is 35.0 Å². The molecular formula is C20H28F3NO3. The monoisotopic (exact) mass is 387 g/mol. The van der Waals surface area contributed by atoms with Gasteiger partial charge < -0.3 is 10.1 Å². The molecule has 0 aromatic rings. The van der Waals surface area contributed by atoms with Crippen molar-refractivity contribution in [2.75, 3.05) is 13.2 Å². The molecule has 0 aromatic carbocycles. The molecule has 4 nitrogen and oxygen atoms in total. The zero-order chi connectivity index (χ0) is 19.2. The number of nitrogens with one attached hydrogen (secondary N) is 1. The third kappa shape index (κ3) is 3.70. The molecule has 6 atom stereocenters. The van der Waals surface area contributed by atoms with Gasteiger partial charge in [0.2, 0.25) is 5.91 Å². The van der Waals surface area contributed by atoms with Gasteiger partial charge in [0.05, 0.1) is 11.8 Å². The fourth-order valence-electron chi connectivity index (χ4n) is 6.63. The van der Waals surface area contributed by atoms with E-state index in [9.17, 15) is 22.8 Å². The molecule has 0 spiro atoms. The van der Waals surface area contributed by atoms with E-state index in [-0.39, 0.29) is 5.91 Å². The van der Waals surface area contributed by atoms with Crippen LogP contribution in [-0.2, 0) is 14.3 Å². The second-order valence-corrected chi connectivity index (χ2v) is 9.22. The maximum Gasteiger partial charge on any atom is 0.422 e. The Bertz CT molecular complexity index is 592. The minimum Gasteiger partial charge on any atom is -0.456 e. The summed E-state index contributed by atoms with van der Waals surface area (Å²) in [6.45, 7) is -0.974. The van der Waals surface area contributed by atoms with Crippen LogP contribution in [0.2, 0.25) is 0 Å². The lowest BCUT2D eigenvalue weighted by molar-refractivity contribution is -0.191. The van der Waals surface area contributed by atoms with Gasteiger partial charge in [-0.3, -0.25) is 9.59 Å². The number of hydrogen-bond donors (Lipinski definition) is 1. The highest BCUT2D eigenvalue weighted by Crippen LogP contribution is 2.71. The topological polar surface area (TPSA) is 55.4 Å². The number of esters is 1. The molecule has 5 saturated carbocycles. The van der Waals surface area contributed by atoms with Crippen molar-refractivity contribution in [1.82, 2.24) is 5.32 Å². The Morgan fingerprint density at radius 3 is 2.22 bits per heavy atom. The van der Waals surface area contributed by atoms with Crippen molar-refractivity contribution in [3.05, 3.63) is 0 Å². The van der Waals surface area contributed by atoms with E-state index in [4.69, 9.17) is 0 Å². The maximum atomic E-state index is 12.6. The Kier molecular flexibility index (Phi) is 4.91. The third-order valence-corrected chi connectivity index (χ3v) is 7.75. The first-order valence-electron chi connectivity index (χ1n) is 10.3. The maximum absolute atomic E-state index is 12.6. The molecule has 27 heavy (non-hydrogen) atoms. The van der Waals surface area contributed by atoms with Crippen molar-refractivity contribution in [2.45, 2.75) is 64.0 Å². The normalized spacial score (nSPS) is 39.7. The fourth-order valence-corrected chi connectivity index (χ4v) is 6.63. The number of hydrogen-bond acceptors (Lipinski definition) is 3. The number of ether oxygens (including phenoxy) is 1. The molecule has 5 rings (SSSR count). The second-order valence-electron chi connectivity index (χ2n) is 9.22. The lowest BCUT2D eigenvalue weighted by Gasteiger charge is -2.31. The number of alkyl halides is 3. The third-order valence-electron chi connectivity index (χ3n) is 7.75. The SMILES string of the molecule is O=C(NCCC12C[C@H]3CC1C[C@H]3C2)[C@H]1CCCC[C@@H]1C(=O)OCC(F)(F)F. The lowest BCUT2D eigenvalue weighted by atomic mass is 9.77. The largest absolute Gasteiger partial charge is 0.456 e. The van der Waals surface area contributed by atoms with Crippen molar-refractivity contribution in [1.29, 1.82) is 0 Å². The summed E-state index contributed by atoms with van der Waals surface area (Å²) in [5.41, 5.74) is 0.417. The Morgan fingerprint density at radius 2 is 1.67 bits per heavy atom. The van der Waals surface area contributed by atoms with Crippen LogP contribution in [0.1, 0.15) is 57.8 Å². The summed E-state index contributed by atoms with van der Waals surface area (Å²) in [7, 11) is 0.